The first kappa shape index (κ1) is 15.4. The molecule has 2 aromatic rings. The van der Waals surface area contributed by atoms with Crippen molar-refractivity contribution in [3.8, 4) is 0 Å². The molecule has 7 nitrogen and oxygen atoms in total. The molecule has 2 aromatic heterocycles. The molecular weight excluding hydrogens is 292 g/mol. The number of nitrogens with zero attached hydrogens (tertiary/aromatic N) is 4. The highest BCUT2D eigenvalue weighted by Gasteiger charge is 2.13. The number of halogens is 1. The van der Waals surface area contributed by atoms with Gasteiger partial charge in [-0.2, -0.15) is 15.0 Å². The van der Waals surface area contributed by atoms with Gasteiger partial charge in [0.25, 0.3) is 5.95 Å². The summed E-state index contributed by atoms with van der Waals surface area (Å²) in [6.45, 7) is 7.61. The highest BCUT2D eigenvalue weighted by molar-refractivity contribution is 6.28. The van der Waals surface area contributed by atoms with E-state index in [9.17, 15) is 0 Å². The minimum Gasteiger partial charge on any atom is -0.324 e. The van der Waals surface area contributed by atoms with E-state index in [1.165, 1.54) is 0 Å². The molecule has 2 N–H and O–H groups in total. The summed E-state index contributed by atoms with van der Waals surface area (Å²) in [6.07, 6.45) is 1.70. The van der Waals surface area contributed by atoms with Crippen LogP contribution in [0.2, 0.25) is 5.28 Å². The summed E-state index contributed by atoms with van der Waals surface area (Å²) < 4.78 is 0. The predicted octanol–water partition coefficient (Wildman–Crippen LogP) is 3.11. The van der Waals surface area contributed by atoms with Crippen molar-refractivity contribution in [2.45, 2.75) is 33.3 Å². The van der Waals surface area contributed by atoms with Crippen LogP contribution >= 0.6 is 11.6 Å². The number of aryl methyl sites for hydroxylation is 1. The molecule has 0 unspecified atom stereocenters. The van der Waals surface area contributed by atoms with Gasteiger partial charge in [-0.15, -0.1) is 0 Å². The minimum absolute atomic E-state index is 0.0679. The fourth-order valence-electron chi connectivity index (χ4n) is 1.40. The maximum absolute atomic E-state index is 5.89. The van der Waals surface area contributed by atoms with Crippen LogP contribution in [-0.2, 0) is 4.84 Å². The second-order valence-corrected chi connectivity index (χ2v) is 5.72. The van der Waals surface area contributed by atoms with E-state index in [-0.39, 0.29) is 16.8 Å². The number of rotatable bonds is 4. The van der Waals surface area contributed by atoms with E-state index < -0.39 is 0 Å². The lowest BCUT2D eigenvalue weighted by atomic mass is 10.2. The van der Waals surface area contributed by atoms with Gasteiger partial charge in [-0.1, -0.05) is 0 Å². The van der Waals surface area contributed by atoms with Crippen LogP contribution in [-0.4, -0.2) is 25.5 Å². The normalized spacial score (nSPS) is 11.3. The Morgan fingerprint density at radius 3 is 2.52 bits per heavy atom. The first-order valence-electron chi connectivity index (χ1n) is 6.37. The van der Waals surface area contributed by atoms with Crippen molar-refractivity contribution in [3.63, 3.8) is 0 Å². The van der Waals surface area contributed by atoms with Crippen molar-refractivity contribution in [2.24, 2.45) is 0 Å². The van der Waals surface area contributed by atoms with Gasteiger partial charge >= 0.3 is 0 Å². The standard InChI is InChI=1S/C13H17ClN6O/c1-8-7-9(5-6-15-8)16-11-17-10(14)18-12(19-11)20-21-13(2,3)4/h5-7H,1-4H3,(H2,15,16,17,18,19,20). The monoisotopic (exact) mass is 308 g/mol. The van der Waals surface area contributed by atoms with Gasteiger partial charge < -0.3 is 5.32 Å². The van der Waals surface area contributed by atoms with E-state index >= 15 is 0 Å². The molecule has 0 aromatic carbocycles. The van der Waals surface area contributed by atoms with Gasteiger partial charge in [-0.3, -0.25) is 9.82 Å². The lowest BCUT2D eigenvalue weighted by Crippen LogP contribution is -2.24. The van der Waals surface area contributed by atoms with E-state index in [2.05, 4.69) is 30.7 Å². The predicted molar refractivity (Wildman–Crippen MR) is 81.6 cm³/mol. The molecule has 112 valence electrons. The molecule has 0 bridgehead atoms. The van der Waals surface area contributed by atoms with E-state index in [0.717, 1.165) is 11.4 Å². The van der Waals surface area contributed by atoms with Gasteiger partial charge in [0.15, 0.2) is 0 Å². The van der Waals surface area contributed by atoms with Gasteiger partial charge in [0, 0.05) is 17.6 Å². The Kier molecular flexibility index (Phi) is 4.54. The minimum atomic E-state index is -0.380. The molecule has 0 aliphatic rings. The molecule has 0 atom stereocenters. The van der Waals surface area contributed by atoms with Crippen LogP contribution in [0.5, 0.6) is 0 Å². The summed E-state index contributed by atoms with van der Waals surface area (Å²) in [5.74, 6) is 0.554. The summed E-state index contributed by atoms with van der Waals surface area (Å²) in [4.78, 5) is 21.7. The maximum Gasteiger partial charge on any atom is 0.253 e. The average molecular weight is 309 g/mol. The zero-order valence-corrected chi connectivity index (χ0v) is 13.1. The van der Waals surface area contributed by atoms with Crippen molar-refractivity contribution in [1.29, 1.82) is 0 Å². The van der Waals surface area contributed by atoms with Crippen molar-refractivity contribution in [2.75, 3.05) is 10.8 Å². The Hall–Kier alpha value is -1.99. The number of aromatic nitrogens is 4. The number of anilines is 3. The second kappa shape index (κ2) is 6.19. The molecule has 0 fully saturated rings. The van der Waals surface area contributed by atoms with Gasteiger partial charge in [0.05, 0.1) is 5.60 Å². The number of nitrogens with one attached hydrogen (secondary N) is 2. The summed E-state index contributed by atoms with van der Waals surface area (Å²) in [5, 5.41) is 3.11. The Balaban J connectivity index is 2.15. The quantitative estimate of drug-likeness (QED) is 0.839. The Bertz CT molecular complexity index is 628. The molecular formula is C13H17ClN6O. The smallest absolute Gasteiger partial charge is 0.253 e. The van der Waals surface area contributed by atoms with Crippen LogP contribution in [0.25, 0.3) is 0 Å². The molecule has 21 heavy (non-hydrogen) atoms. The van der Waals surface area contributed by atoms with Crippen LogP contribution in [0.3, 0.4) is 0 Å². The summed E-state index contributed by atoms with van der Waals surface area (Å²) in [5.41, 5.74) is 3.98. The lowest BCUT2D eigenvalue weighted by molar-refractivity contribution is 0.0358. The van der Waals surface area contributed by atoms with Gasteiger partial charge in [0.2, 0.25) is 11.2 Å². The third-order valence-corrected chi connectivity index (χ3v) is 2.38. The Morgan fingerprint density at radius 2 is 1.86 bits per heavy atom. The fourth-order valence-corrected chi connectivity index (χ4v) is 1.56. The van der Waals surface area contributed by atoms with Crippen LogP contribution < -0.4 is 10.8 Å². The first-order chi connectivity index (χ1) is 9.82. The molecule has 0 amide bonds. The zero-order valence-electron chi connectivity index (χ0n) is 12.3. The molecule has 0 aliphatic heterocycles. The van der Waals surface area contributed by atoms with Crippen molar-refractivity contribution >= 4 is 29.2 Å². The van der Waals surface area contributed by atoms with Gasteiger partial charge in [-0.25, -0.2) is 5.48 Å². The van der Waals surface area contributed by atoms with Crippen LogP contribution in [0, 0.1) is 6.92 Å². The molecule has 0 saturated heterocycles. The topological polar surface area (TPSA) is 84.9 Å². The number of pyridine rings is 1. The molecule has 0 saturated carbocycles. The first-order valence-corrected chi connectivity index (χ1v) is 6.75. The highest BCUT2D eigenvalue weighted by Crippen LogP contribution is 2.17. The zero-order chi connectivity index (χ0) is 15.5. The molecule has 8 heteroatoms. The SMILES string of the molecule is Cc1cc(Nc2nc(Cl)nc(NOC(C)(C)C)n2)ccn1. The summed E-state index contributed by atoms with van der Waals surface area (Å²) in [7, 11) is 0. The summed E-state index contributed by atoms with van der Waals surface area (Å²) >= 11 is 5.89. The highest BCUT2D eigenvalue weighted by atomic mass is 35.5. The Morgan fingerprint density at radius 1 is 1.14 bits per heavy atom. The number of hydrogen-bond donors (Lipinski definition) is 2. The third kappa shape index (κ3) is 5.13. The maximum atomic E-state index is 5.89. The molecule has 2 rings (SSSR count). The molecule has 2 heterocycles. The van der Waals surface area contributed by atoms with Crippen molar-refractivity contribution in [1.82, 2.24) is 19.9 Å². The fraction of sp³-hybridized carbons (Fsp3) is 0.385. The third-order valence-electron chi connectivity index (χ3n) is 2.21. The van der Waals surface area contributed by atoms with Crippen LogP contribution in [0.15, 0.2) is 18.3 Å². The number of hydrogen-bond acceptors (Lipinski definition) is 7. The van der Waals surface area contributed by atoms with Gasteiger partial charge in [0.1, 0.15) is 0 Å². The van der Waals surface area contributed by atoms with E-state index in [4.69, 9.17) is 16.4 Å². The molecule has 0 aliphatic carbocycles. The average Bonchev–Trinajstić information content (AvgIpc) is 2.35. The summed E-state index contributed by atoms with van der Waals surface area (Å²) in [6, 6.07) is 3.68. The second-order valence-electron chi connectivity index (χ2n) is 5.38. The van der Waals surface area contributed by atoms with Crippen molar-refractivity contribution in [3.05, 3.63) is 29.3 Å². The van der Waals surface area contributed by atoms with Crippen LogP contribution in [0.4, 0.5) is 17.6 Å². The molecule has 0 spiro atoms. The lowest BCUT2D eigenvalue weighted by Gasteiger charge is -2.19. The van der Waals surface area contributed by atoms with Gasteiger partial charge in [-0.05, 0) is 51.4 Å². The molecule has 0 radical (unpaired) electrons. The Labute approximate surface area is 128 Å². The largest absolute Gasteiger partial charge is 0.324 e. The van der Waals surface area contributed by atoms with E-state index in [0.29, 0.717) is 5.95 Å². The van der Waals surface area contributed by atoms with E-state index in [1.54, 1.807) is 6.20 Å². The van der Waals surface area contributed by atoms with Crippen molar-refractivity contribution < 1.29 is 4.84 Å². The van der Waals surface area contributed by atoms with Crippen LogP contribution in [0.1, 0.15) is 26.5 Å². The van der Waals surface area contributed by atoms with E-state index in [1.807, 2.05) is 39.8 Å².